The van der Waals surface area contributed by atoms with Crippen LogP contribution < -0.4 is 0 Å². The number of ketones is 1. The van der Waals surface area contributed by atoms with Crippen molar-refractivity contribution >= 4 is 17.7 Å². The summed E-state index contributed by atoms with van der Waals surface area (Å²) in [6, 6.07) is 15.6. The Labute approximate surface area is 215 Å². The Morgan fingerprint density at radius 3 is 1.25 bits per heavy atom. The molecule has 2 atom stereocenters. The lowest BCUT2D eigenvalue weighted by molar-refractivity contribution is -0.178. The first kappa shape index (κ1) is 28.8. The van der Waals surface area contributed by atoms with Crippen molar-refractivity contribution in [3.05, 3.63) is 96.1 Å². The Morgan fingerprint density at radius 2 is 1.00 bits per heavy atom. The van der Waals surface area contributed by atoms with Crippen LogP contribution in [0, 0.1) is 0 Å². The van der Waals surface area contributed by atoms with E-state index in [2.05, 4.69) is 40.9 Å². The second kappa shape index (κ2) is 12.0. The summed E-state index contributed by atoms with van der Waals surface area (Å²) in [5, 5.41) is 0. The lowest BCUT2D eigenvalue weighted by Gasteiger charge is -2.37. The Morgan fingerprint density at radius 1 is 0.694 bits per heavy atom. The average Bonchev–Trinajstić information content (AvgIpc) is 2.83. The Bertz CT molecular complexity index is 1010. The van der Waals surface area contributed by atoms with Crippen LogP contribution >= 0.6 is 0 Å². The molecule has 2 unspecified atom stereocenters. The first-order valence-corrected chi connectivity index (χ1v) is 12.3. The zero-order valence-electron chi connectivity index (χ0n) is 22.3. The van der Waals surface area contributed by atoms with Gasteiger partial charge in [-0.05, 0) is 47.9 Å². The van der Waals surface area contributed by atoms with E-state index < -0.39 is 28.9 Å². The number of rotatable bonds is 12. The zero-order valence-corrected chi connectivity index (χ0v) is 22.3. The fourth-order valence-corrected chi connectivity index (χ4v) is 4.23. The monoisotopic (exact) mass is 490 g/mol. The summed E-state index contributed by atoms with van der Waals surface area (Å²) in [7, 11) is 0. The molecule has 0 spiro atoms. The molecule has 0 heterocycles. The van der Waals surface area contributed by atoms with Crippen molar-refractivity contribution in [2.24, 2.45) is 0 Å². The second-order valence-corrected chi connectivity index (χ2v) is 10.2. The molecule has 5 nitrogen and oxygen atoms in total. The van der Waals surface area contributed by atoms with Gasteiger partial charge in [-0.2, -0.15) is 0 Å². The Hall–Kier alpha value is -3.47. The van der Waals surface area contributed by atoms with Crippen molar-refractivity contribution in [1.82, 2.24) is 0 Å². The number of carbonyl (C=O) groups excluding carboxylic acids is 3. The van der Waals surface area contributed by atoms with Crippen molar-refractivity contribution in [3.8, 4) is 0 Å². The van der Waals surface area contributed by atoms with Gasteiger partial charge in [0.05, 0.1) is 0 Å². The summed E-state index contributed by atoms with van der Waals surface area (Å²) in [6.45, 7) is 18.4. The minimum absolute atomic E-state index is 0.108. The molecule has 2 aromatic rings. The quantitative estimate of drug-likeness (QED) is 0.259. The largest absolute Gasteiger partial charge is 0.448 e. The van der Waals surface area contributed by atoms with Crippen LogP contribution in [0.25, 0.3) is 0 Å². The van der Waals surface area contributed by atoms with Gasteiger partial charge in [-0.15, -0.1) is 0 Å². The van der Waals surface area contributed by atoms with E-state index in [0.29, 0.717) is 11.8 Å². The van der Waals surface area contributed by atoms with Crippen LogP contribution in [-0.2, 0) is 36.7 Å². The SMILES string of the molecule is C=CC(=O)OC(C)(Cc1ccc(C(C)C)cc1)C(=O)C(C)(Cc1ccc(C(C)C)cc1)OC(=O)C=C. The molecule has 2 rings (SSSR count). The van der Waals surface area contributed by atoms with Crippen molar-refractivity contribution in [2.75, 3.05) is 0 Å². The zero-order chi connectivity index (χ0) is 27.1. The van der Waals surface area contributed by atoms with Crippen LogP contribution in [0.3, 0.4) is 0 Å². The van der Waals surface area contributed by atoms with Crippen LogP contribution in [0.4, 0.5) is 0 Å². The van der Waals surface area contributed by atoms with Crippen molar-refractivity contribution in [2.45, 2.75) is 77.4 Å². The first-order valence-electron chi connectivity index (χ1n) is 12.3. The van der Waals surface area contributed by atoms with E-state index in [-0.39, 0.29) is 12.8 Å². The van der Waals surface area contributed by atoms with Gasteiger partial charge in [0.15, 0.2) is 11.2 Å². The van der Waals surface area contributed by atoms with Crippen LogP contribution in [-0.4, -0.2) is 28.9 Å². The van der Waals surface area contributed by atoms with Gasteiger partial charge < -0.3 is 9.47 Å². The number of benzene rings is 2. The van der Waals surface area contributed by atoms with E-state index in [1.54, 1.807) is 13.8 Å². The minimum Gasteiger partial charge on any atom is -0.448 e. The Balaban J connectivity index is 2.50. The molecule has 0 radical (unpaired) electrons. The van der Waals surface area contributed by atoms with Crippen LogP contribution in [0.15, 0.2) is 73.8 Å². The summed E-state index contributed by atoms with van der Waals surface area (Å²) in [6.07, 6.45) is 2.25. The number of carbonyl (C=O) groups is 3. The van der Waals surface area contributed by atoms with E-state index in [0.717, 1.165) is 34.4 Å². The summed E-state index contributed by atoms with van der Waals surface area (Å²) in [5.41, 5.74) is 0.711. The van der Waals surface area contributed by atoms with Gasteiger partial charge in [-0.3, -0.25) is 4.79 Å². The summed E-state index contributed by atoms with van der Waals surface area (Å²) < 4.78 is 11.3. The number of ether oxygens (including phenoxy) is 2. The van der Waals surface area contributed by atoms with Crippen LogP contribution in [0.2, 0.25) is 0 Å². The smallest absolute Gasteiger partial charge is 0.331 e. The van der Waals surface area contributed by atoms with E-state index in [1.165, 1.54) is 0 Å². The number of esters is 2. The fraction of sp³-hybridized carbons (Fsp3) is 0.387. The molecule has 0 aromatic heterocycles. The molecule has 0 bridgehead atoms. The molecular weight excluding hydrogens is 452 g/mol. The molecule has 2 aromatic carbocycles. The maximum Gasteiger partial charge on any atom is 0.331 e. The third-order valence-corrected chi connectivity index (χ3v) is 6.32. The van der Waals surface area contributed by atoms with Crippen molar-refractivity contribution in [1.29, 1.82) is 0 Å². The van der Waals surface area contributed by atoms with Gasteiger partial charge >= 0.3 is 11.9 Å². The fourth-order valence-electron chi connectivity index (χ4n) is 4.23. The molecule has 0 amide bonds. The van der Waals surface area contributed by atoms with Crippen molar-refractivity contribution in [3.63, 3.8) is 0 Å². The van der Waals surface area contributed by atoms with Crippen LogP contribution in [0.1, 0.15) is 75.6 Å². The third-order valence-electron chi connectivity index (χ3n) is 6.32. The highest BCUT2D eigenvalue weighted by Gasteiger charge is 2.50. The molecule has 0 fully saturated rings. The summed E-state index contributed by atoms with van der Waals surface area (Å²) >= 11 is 0. The molecule has 0 saturated heterocycles. The van der Waals surface area contributed by atoms with Crippen LogP contribution in [0.5, 0.6) is 0 Å². The van der Waals surface area contributed by atoms with E-state index in [9.17, 15) is 14.4 Å². The summed E-state index contributed by atoms with van der Waals surface area (Å²) in [4.78, 5) is 38.8. The highest BCUT2D eigenvalue weighted by atomic mass is 16.6. The highest BCUT2D eigenvalue weighted by molar-refractivity contribution is 5.99. The third kappa shape index (κ3) is 7.27. The topological polar surface area (TPSA) is 69.7 Å². The maximum absolute atomic E-state index is 14.1. The number of hydrogen-bond acceptors (Lipinski definition) is 5. The first-order chi connectivity index (χ1) is 16.8. The molecule has 0 saturated carbocycles. The van der Waals surface area contributed by atoms with Gasteiger partial charge in [0.25, 0.3) is 0 Å². The lowest BCUT2D eigenvalue weighted by Crippen LogP contribution is -2.56. The molecule has 0 aliphatic rings. The number of hydrogen-bond donors (Lipinski definition) is 0. The molecule has 192 valence electrons. The minimum atomic E-state index is -1.61. The van der Waals surface area contributed by atoms with Gasteiger partial charge in [-0.25, -0.2) is 9.59 Å². The molecule has 0 aliphatic carbocycles. The average molecular weight is 491 g/mol. The van der Waals surface area contributed by atoms with Gasteiger partial charge in [-0.1, -0.05) is 89.4 Å². The lowest BCUT2D eigenvalue weighted by atomic mass is 9.79. The van der Waals surface area contributed by atoms with Crippen molar-refractivity contribution < 1.29 is 23.9 Å². The maximum atomic E-state index is 14.1. The standard InChI is InChI=1S/C31H38O5/c1-9-27(32)35-30(7,19-23-11-15-25(16-12-23)21(3)4)29(34)31(8,36-28(33)10-2)20-24-13-17-26(18-14-24)22(5)6/h9-18,21-22H,1-2,19-20H2,3-8H3. The molecule has 36 heavy (non-hydrogen) atoms. The predicted molar refractivity (Wildman–Crippen MR) is 143 cm³/mol. The molecule has 0 aliphatic heterocycles. The van der Waals surface area contributed by atoms with Gasteiger partial charge in [0, 0.05) is 25.0 Å². The molecule has 5 heteroatoms. The second-order valence-electron chi connectivity index (χ2n) is 10.2. The summed E-state index contributed by atoms with van der Waals surface area (Å²) in [5.74, 6) is -1.28. The Kier molecular flexibility index (Phi) is 9.57. The molecular formula is C31H38O5. The highest BCUT2D eigenvalue weighted by Crippen LogP contribution is 2.31. The van der Waals surface area contributed by atoms with Gasteiger partial charge in [0.2, 0.25) is 5.78 Å². The normalized spacial score (nSPS) is 14.4. The van der Waals surface area contributed by atoms with E-state index >= 15 is 0 Å². The molecule has 0 N–H and O–H groups in total. The van der Waals surface area contributed by atoms with Gasteiger partial charge in [0.1, 0.15) is 0 Å². The predicted octanol–water partition coefficient (Wildman–Crippen LogP) is 6.26. The van der Waals surface area contributed by atoms with E-state index in [4.69, 9.17) is 9.47 Å². The number of Topliss-reactive ketones (excluding diaryl/α,β-unsaturated/α-hetero) is 1. The van der Waals surface area contributed by atoms with E-state index in [1.807, 2.05) is 48.5 Å².